The summed E-state index contributed by atoms with van der Waals surface area (Å²) in [6.45, 7) is 7.82. The highest BCUT2D eigenvalue weighted by atomic mass is 35.5. The number of aryl methyl sites for hydroxylation is 1. The molecule has 172 valence electrons. The highest BCUT2D eigenvalue weighted by Crippen LogP contribution is 2.31. The molecule has 1 aliphatic heterocycles. The molecule has 6 nitrogen and oxygen atoms in total. The predicted octanol–water partition coefficient (Wildman–Crippen LogP) is 4.23. The second-order valence-electron chi connectivity index (χ2n) is 8.44. The van der Waals surface area contributed by atoms with E-state index in [4.69, 9.17) is 21.1 Å². The van der Waals surface area contributed by atoms with Crippen LogP contribution in [0, 0.1) is 5.92 Å². The van der Waals surface area contributed by atoms with Crippen LogP contribution in [-0.2, 0) is 22.6 Å². The molecule has 2 aromatic rings. The zero-order valence-electron chi connectivity index (χ0n) is 18.9. The van der Waals surface area contributed by atoms with Crippen molar-refractivity contribution >= 4 is 23.4 Å². The van der Waals surface area contributed by atoms with Crippen molar-refractivity contribution in [1.82, 2.24) is 10.2 Å². The predicted molar refractivity (Wildman–Crippen MR) is 125 cm³/mol. The molecule has 0 saturated carbocycles. The molecule has 3 rings (SSSR count). The molecule has 1 aliphatic rings. The second kappa shape index (κ2) is 11.2. The summed E-state index contributed by atoms with van der Waals surface area (Å²) < 4.78 is 11.2. The Labute approximate surface area is 194 Å². The van der Waals surface area contributed by atoms with Gasteiger partial charge in [0.2, 0.25) is 11.8 Å². The first-order valence-electron chi connectivity index (χ1n) is 11.0. The molecular weight excluding hydrogens is 428 g/mol. The lowest BCUT2D eigenvalue weighted by Gasteiger charge is -2.29. The van der Waals surface area contributed by atoms with Gasteiger partial charge in [-0.25, -0.2) is 0 Å². The SMILES string of the molecule is CC(C)CNC(=O)C(C)N(Cc1ccc(Cl)cc1)C(=O)CCc1ccc2c(c1)OCCO2. The number of rotatable bonds is 9. The maximum atomic E-state index is 13.2. The molecule has 1 unspecified atom stereocenters. The van der Waals surface area contributed by atoms with Crippen LogP contribution in [0.25, 0.3) is 0 Å². The minimum Gasteiger partial charge on any atom is -0.486 e. The van der Waals surface area contributed by atoms with E-state index in [-0.39, 0.29) is 18.2 Å². The Morgan fingerprint density at radius 3 is 2.34 bits per heavy atom. The van der Waals surface area contributed by atoms with Gasteiger partial charge in [0.1, 0.15) is 19.3 Å². The van der Waals surface area contributed by atoms with E-state index >= 15 is 0 Å². The number of ether oxygens (including phenoxy) is 2. The Morgan fingerprint density at radius 2 is 1.66 bits per heavy atom. The van der Waals surface area contributed by atoms with Crippen molar-refractivity contribution in [2.75, 3.05) is 19.8 Å². The number of hydrogen-bond donors (Lipinski definition) is 1. The van der Waals surface area contributed by atoms with Crippen molar-refractivity contribution in [3.63, 3.8) is 0 Å². The highest BCUT2D eigenvalue weighted by Gasteiger charge is 2.26. The fourth-order valence-electron chi connectivity index (χ4n) is 3.46. The molecule has 0 aliphatic carbocycles. The van der Waals surface area contributed by atoms with Gasteiger partial charge in [-0.05, 0) is 54.7 Å². The van der Waals surface area contributed by atoms with E-state index in [2.05, 4.69) is 5.32 Å². The summed E-state index contributed by atoms with van der Waals surface area (Å²) in [6, 6.07) is 12.5. The lowest BCUT2D eigenvalue weighted by Crippen LogP contribution is -2.48. The van der Waals surface area contributed by atoms with Gasteiger partial charge in [0, 0.05) is 24.5 Å². The van der Waals surface area contributed by atoms with Crippen LogP contribution in [0.5, 0.6) is 11.5 Å². The maximum Gasteiger partial charge on any atom is 0.242 e. The van der Waals surface area contributed by atoms with E-state index in [0.29, 0.717) is 49.4 Å². The number of carbonyl (C=O) groups is 2. The topological polar surface area (TPSA) is 67.9 Å². The van der Waals surface area contributed by atoms with Crippen LogP contribution >= 0.6 is 11.6 Å². The quantitative estimate of drug-likeness (QED) is 0.610. The Kier molecular flexibility index (Phi) is 8.39. The summed E-state index contributed by atoms with van der Waals surface area (Å²) in [5.41, 5.74) is 1.91. The van der Waals surface area contributed by atoms with E-state index in [1.165, 1.54) is 0 Å². The van der Waals surface area contributed by atoms with Crippen LogP contribution in [0.3, 0.4) is 0 Å². The average molecular weight is 459 g/mol. The van der Waals surface area contributed by atoms with Crippen LogP contribution in [0.4, 0.5) is 0 Å². The molecule has 0 saturated heterocycles. The number of carbonyl (C=O) groups excluding carboxylic acids is 2. The summed E-state index contributed by atoms with van der Waals surface area (Å²) >= 11 is 6.00. The Balaban J connectivity index is 1.70. The third kappa shape index (κ3) is 6.63. The molecule has 7 heteroatoms. The highest BCUT2D eigenvalue weighted by molar-refractivity contribution is 6.30. The van der Waals surface area contributed by atoms with Crippen molar-refractivity contribution in [3.05, 3.63) is 58.6 Å². The molecule has 0 bridgehead atoms. The van der Waals surface area contributed by atoms with Gasteiger partial charge < -0.3 is 19.7 Å². The number of hydrogen-bond acceptors (Lipinski definition) is 4. The minimum atomic E-state index is -0.586. The largest absolute Gasteiger partial charge is 0.486 e. The zero-order chi connectivity index (χ0) is 23.1. The van der Waals surface area contributed by atoms with Crippen LogP contribution in [0.2, 0.25) is 5.02 Å². The van der Waals surface area contributed by atoms with Crippen LogP contribution in [0.15, 0.2) is 42.5 Å². The summed E-state index contributed by atoms with van der Waals surface area (Å²) in [5, 5.41) is 3.57. The molecule has 2 amide bonds. The van der Waals surface area contributed by atoms with Crippen molar-refractivity contribution in [3.8, 4) is 11.5 Å². The fourth-order valence-corrected chi connectivity index (χ4v) is 3.59. The standard InChI is InChI=1S/C25H31ClN2O4/c1-17(2)15-27-25(30)18(3)28(16-20-4-8-21(26)9-5-20)24(29)11-7-19-6-10-22-23(14-19)32-13-12-31-22/h4-6,8-10,14,17-18H,7,11-13,15-16H2,1-3H3,(H,27,30). The van der Waals surface area contributed by atoms with Gasteiger partial charge in [-0.3, -0.25) is 9.59 Å². The third-order valence-electron chi connectivity index (χ3n) is 5.35. The summed E-state index contributed by atoms with van der Waals surface area (Å²) in [5.74, 6) is 1.54. The lowest BCUT2D eigenvalue weighted by atomic mass is 10.1. The van der Waals surface area contributed by atoms with Crippen molar-refractivity contribution in [2.24, 2.45) is 5.92 Å². The van der Waals surface area contributed by atoms with Crippen LogP contribution in [-0.4, -0.2) is 42.5 Å². The molecule has 1 N–H and O–H groups in total. The average Bonchev–Trinajstić information content (AvgIpc) is 2.80. The van der Waals surface area contributed by atoms with E-state index < -0.39 is 6.04 Å². The molecular formula is C25H31ClN2O4. The van der Waals surface area contributed by atoms with Crippen LogP contribution in [0.1, 0.15) is 38.3 Å². The van der Waals surface area contributed by atoms with Crippen molar-refractivity contribution < 1.29 is 19.1 Å². The smallest absolute Gasteiger partial charge is 0.242 e. The zero-order valence-corrected chi connectivity index (χ0v) is 19.7. The van der Waals surface area contributed by atoms with Gasteiger partial charge in [0.05, 0.1) is 0 Å². The normalized spacial score (nSPS) is 13.5. The van der Waals surface area contributed by atoms with Crippen molar-refractivity contribution in [1.29, 1.82) is 0 Å². The van der Waals surface area contributed by atoms with Gasteiger partial charge in [0.25, 0.3) is 0 Å². The van der Waals surface area contributed by atoms with Gasteiger partial charge in [0.15, 0.2) is 11.5 Å². The Bertz CT molecular complexity index is 930. The number of nitrogens with zero attached hydrogens (tertiary/aromatic N) is 1. The molecule has 1 heterocycles. The Morgan fingerprint density at radius 1 is 1.00 bits per heavy atom. The van der Waals surface area contributed by atoms with E-state index in [1.54, 1.807) is 24.0 Å². The Hall–Kier alpha value is -2.73. The lowest BCUT2D eigenvalue weighted by molar-refractivity contribution is -0.140. The van der Waals surface area contributed by atoms with E-state index in [0.717, 1.165) is 16.9 Å². The van der Waals surface area contributed by atoms with Gasteiger partial charge in [-0.15, -0.1) is 0 Å². The number of fused-ring (bicyclic) bond motifs is 1. The first-order valence-corrected chi connectivity index (χ1v) is 11.4. The van der Waals surface area contributed by atoms with Gasteiger partial charge in [-0.1, -0.05) is 43.6 Å². The first kappa shape index (κ1) is 23.9. The molecule has 32 heavy (non-hydrogen) atoms. The number of benzene rings is 2. The molecule has 0 fully saturated rings. The summed E-state index contributed by atoms with van der Waals surface area (Å²) in [7, 11) is 0. The molecule has 0 radical (unpaired) electrons. The minimum absolute atomic E-state index is 0.0814. The van der Waals surface area contributed by atoms with Gasteiger partial charge >= 0.3 is 0 Å². The number of halogens is 1. The van der Waals surface area contributed by atoms with E-state index in [1.807, 2.05) is 44.2 Å². The fraction of sp³-hybridized carbons (Fsp3) is 0.440. The maximum absolute atomic E-state index is 13.2. The third-order valence-corrected chi connectivity index (χ3v) is 5.60. The number of amides is 2. The molecule has 0 spiro atoms. The summed E-state index contributed by atoms with van der Waals surface area (Å²) in [4.78, 5) is 27.6. The second-order valence-corrected chi connectivity index (χ2v) is 8.88. The first-order chi connectivity index (χ1) is 15.3. The molecule has 2 aromatic carbocycles. The van der Waals surface area contributed by atoms with Crippen molar-refractivity contribution in [2.45, 2.75) is 46.2 Å². The monoisotopic (exact) mass is 458 g/mol. The van der Waals surface area contributed by atoms with Gasteiger partial charge in [-0.2, -0.15) is 0 Å². The molecule has 1 atom stereocenters. The number of nitrogens with one attached hydrogen (secondary N) is 1. The van der Waals surface area contributed by atoms with Crippen LogP contribution < -0.4 is 14.8 Å². The van der Waals surface area contributed by atoms with E-state index in [9.17, 15) is 9.59 Å². The summed E-state index contributed by atoms with van der Waals surface area (Å²) in [6.07, 6.45) is 0.835. The molecule has 0 aromatic heterocycles.